The van der Waals surface area contributed by atoms with Crippen molar-refractivity contribution >= 4 is 28.1 Å². The molecule has 0 bridgehead atoms. The number of hydrogen-bond acceptors (Lipinski definition) is 1. The highest BCUT2D eigenvalue weighted by Crippen LogP contribution is 2.34. The van der Waals surface area contributed by atoms with Crippen LogP contribution in [0.1, 0.15) is 41.8 Å². The molecule has 0 radical (unpaired) electrons. The highest BCUT2D eigenvalue weighted by atomic mass is 15.1. The van der Waals surface area contributed by atoms with Crippen LogP contribution in [0.5, 0.6) is 0 Å². The predicted molar refractivity (Wildman–Crippen MR) is 120 cm³/mol. The van der Waals surface area contributed by atoms with Gasteiger partial charge in [-0.3, -0.25) is 5.10 Å². The van der Waals surface area contributed by atoms with Crippen LogP contribution in [0.25, 0.3) is 28.1 Å². The molecule has 0 aliphatic carbocycles. The lowest BCUT2D eigenvalue weighted by atomic mass is 9.89. The highest BCUT2D eigenvalue weighted by Gasteiger charge is 2.13. The van der Waals surface area contributed by atoms with Gasteiger partial charge in [0.25, 0.3) is 0 Å². The summed E-state index contributed by atoms with van der Waals surface area (Å²) in [5, 5.41) is 8.63. The maximum atomic E-state index is 4.36. The van der Waals surface area contributed by atoms with Crippen molar-refractivity contribution in [3.05, 3.63) is 107 Å². The van der Waals surface area contributed by atoms with Crippen LogP contribution in [-0.4, -0.2) is 10.2 Å². The van der Waals surface area contributed by atoms with E-state index in [1.807, 2.05) is 13.8 Å². The maximum Gasteiger partial charge on any atom is 0.0670 e. The largest absolute Gasteiger partial charge is 0.278 e. The smallest absolute Gasteiger partial charge is 0.0670 e. The molecule has 0 unspecified atom stereocenters. The number of benzene rings is 3. The number of aromatic nitrogens is 2. The summed E-state index contributed by atoms with van der Waals surface area (Å²) in [4.78, 5) is 0. The van der Waals surface area contributed by atoms with E-state index >= 15 is 0 Å². The lowest BCUT2D eigenvalue weighted by Crippen LogP contribution is -1.93. The van der Waals surface area contributed by atoms with E-state index in [2.05, 4.69) is 102 Å². The van der Waals surface area contributed by atoms with E-state index < -0.39 is 0 Å². The molecule has 2 heteroatoms. The van der Waals surface area contributed by atoms with Gasteiger partial charge in [0.2, 0.25) is 0 Å². The SMILES string of the molecule is C/C=C/c1ccc(/C(=C(/C)c2ccccc2)c2ccc3[nH]nc(C)c3c2)cc1. The van der Waals surface area contributed by atoms with Crippen LogP contribution >= 0.6 is 0 Å². The van der Waals surface area contributed by atoms with Crippen molar-refractivity contribution in [2.75, 3.05) is 0 Å². The van der Waals surface area contributed by atoms with E-state index in [9.17, 15) is 0 Å². The number of nitrogens with one attached hydrogen (secondary N) is 1. The van der Waals surface area contributed by atoms with Crippen molar-refractivity contribution in [3.8, 4) is 0 Å². The second-order valence-corrected chi connectivity index (χ2v) is 7.06. The molecule has 138 valence electrons. The molecule has 0 spiro atoms. The summed E-state index contributed by atoms with van der Waals surface area (Å²) in [5.74, 6) is 0. The maximum absolute atomic E-state index is 4.36. The van der Waals surface area contributed by atoms with Crippen LogP contribution in [-0.2, 0) is 0 Å². The van der Waals surface area contributed by atoms with Crippen LogP contribution in [0, 0.1) is 6.92 Å². The number of fused-ring (bicyclic) bond motifs is 1. The quantitative estimate of drug-likeness (QED) is 0.393. The van der Waals surface area contributed by atoms with Crippen molar-refractivity contribution in [1.82, 2.24) is 10.2 Å². The average molecular weight is 364 g/mol. The average Bonchev–Trinajstić information content (AvgIpc) is 3.11. The third-order valence-electron chi connectivity index (χ3n) is 5.18. The second-order valence-electron chi connectivity index (χ2n) is 7.06. The number of allylic oxidation sites excluding steroid dienone is 2. The molecule has 0 atom stereocenters. The highest BCUT2D eigenvalue weighted by molar-refractivity contribution is 6.00. The number of aromatic amines is 1. The Morgan fingerprint density at radius 1 is 0.857 bits per heavy atom. The number of H-pyrrole nitrogens is 1. The number of rotatable bonds is 4. The minimum Gasteiger partial charge on any atom is -0.278 e. The van der Waals surface area contributed by atoms with Crippen LogP contribution in [0.4, 0.5) is 0 Å². The van der Waals surface area contributed by atoms with E-state index in [1.54, 1.807) is 0 Å². The molecule has 28 heavy (non-hydrogen) atoms. The Bertz CT molecular complexity index is 1160. The molecule has 0 aliphatic heterocycles. The van der Waals surface area contributed by atoms with Crippen molar-refractivity contribution in [2.45, 2.75) is 20.8 Å². The van der Waals surface area contributed by atoms with Gasteiger partial charge in [0.1, 0.15) is 0 Å². The fourth-order valence-electron chi connectivity index (χ4n) is 3.69. The summed E-state index contributed by atoms with van der Waals surface area (Å²) < 4.78 is 0. The minimum absolute atomic E-state index is 1.02. The van der Waals surface area contributed by atoms with Crippen molar-refractivity contribution < 1.29 is 0 Å². The van der Waals surface area contributed by atoms with Crippen LogP contribution in [0.3, 0.4) is 0 Å². The molecule has 0 saturated carbocycles. The zero-order valence-corrected chi connectivity index (χ0v) is 16.5. The van der Waals surface area contributed by atoms with E-state index in [1.165, 1.54) is 38.8 Å². The van der Waals surface area contributed by atoms with Gasteiger partial charge in [0.05, 0.1) is 11.2 Å². The van der Waals surface area contributed by atoms with Crippen molar-refractivity contribution in [1.29, 1.82) is 0 Å². The van der Waals surface area contributed by atoms with Gasteiger partial charge >= 0.3 is 0 Å². The molecule has 3 aromatic carbocycles. The molecule has 4 rings (SSSR count). The van der Waals surface area contributed by atoms with Gasteiger partial charge in [-0.1, -0.05) is 72.8 Å². The Labute approximate surface area is 166 Å². The number of nitrogens with zero attached hydrogens (tertiary/aromatic N) is 1. The molecule has 2 nitrogen and oxygen atoms in total. The Morgan fingerprint density at radius 2 is 1.57 bits per heavy atom. The summed E-state index contributed by atoms with van der Waals surface area (Å²) in [7, 11) is 0. The summed E-state index contributed by atoms with van der Waals surface area (Å²) in [5.41, 5.74) is 9.48. The molecule has 4 aromatic rings. The third kappa shape index (κ3) is 3.41. The zero-order valence-electron chi connectivity index (χ0n) is 16.5. The van der Waals surface area contributed by atoms with Gasteiger partial charge in [0, 0.05) is 5.39 Å². The monoisotopic (exact) mass is 364 g/mol. The lowest BCUT2D eigenvalue weighted by molar-refractivity contribution is 1.07. The first kappa shape index (κ1) is 18.0. The van der Waals surface area contributed by atoms with E-state index in [-0.39, 0.29) is 0 Å². The molecular weight excluding hydrogens is 340 g/mol. The third-order valence-corrected chi connectivity index (χ3v) is 5.18. The van der Waals surface area contributed by atoms with Crippen molar-refractivity contribution in [2.24, 2.45) is 0 Å². The molecule has 0 aliphatic rings. The molecule has 0 fully saturated rings. The van der Waals surface area contributed by atoms with Crippen LogP contribution in [0.15, 0.2) is 78.9 Å². The van der Waals surface area contributed by atoms with Gasteiger partial charge in [0.15, 0.2) is 0 Å². The number of aryl methyl sites for hydroxylation is 1. The van der Waals surface area contributed by atoms with Gasteiger partial charge in [-0.2, -0.15) is 5.10 Å². The Hall–Kier alpha value is -3.39. The van der Waals surface area contributed by atoms with Crippen LogP contribution < -0.4 is 0 Å². The molecule has 1 heterocycles. The minimum atomic E-state index is 1.02. The van der Waals surface area contributed by atoms with Crippen LogP contribution in [0.2, 0.25) is 0 Å². The molecular formula is C26H24N2. The first-order chi connectivity index (χ1) is 13.7. The van der Waals surface area contributed by atoms with E-state index in [0.29, 0.717) is 0 Å². The molecule has 0 saturated heterocycles. The fraction of sp³-hybridized carbons (Fsp3) is 0.115. The molecule has 1 aromatic heterocycles. The Balaban J connectivity index is 1.93. The first-order valence-electron chi connectivity index (χ1n) is 9.62. The number of hydrogen-bond donors (Lipinski definition) is 1. The fourth-order valence-corrected chi connectivity index (χ4v) is 3.69. The van der Waals surface area contributed by atoms with E-state index in [0.717, 1.165) is 11.2 Å². The second kappa shape index (κ2) is 7.69. The van der Waals surface area contributed by atoms with Gasteiger partial charge in [-0.05, 0) is 66.3 Å². The molecule has 1 N–H and O–H groups in total. The van der Waals surface area contributed by atoms with Gasteiger partial charge < -0.3 is 0 Å². The van der Waals surface area contributed by atoms with E-state index in [4.69, 9.17) is 0 Å². The van der Waals surface area contributed by atoms with Gasteiger partial charge in [-0.15, -0.1) is 0 Å². The lowest BCUT2D eigenvalue weighted by Gasteiger charge is -2.15. The standard InChI is InChI=1S/C26H24N2/c1-4-8-20-11-13-22(14-12-20)26(18(2)21-9-6-5-7-10-21)23-15-16-25-24(17-23)19(3)27-28-25/h4-17H,1-3H3,(H,27,28)/b8-4+,26-18+. The van der Waals surface area contributed by atoms with Crippen molar-refractivity contribution in [3.63, 3.8) is 0 Å². The summed E-state index contributed by atoms with van der Waals surface area (Å²) in [6.45, 7) is 6.29. The summed E-state index contributed by atoms with van der Waals surface area (Å²) >= 11 is 0. The van der Waals surface area contributed by atoms with Gasteiger partial charge in [-0.25, -0.2) is 0 Å². The topological polar surface area (TPSA) is 28.7 Å². The zero-order chi connectivity index (χ0) is 19.5. The molecule has 0 amide bonds. The Morgan fingerprint density at radius 3 is 2.29 bits per heavy atom. The first-order valence-corrected chi connectivity index (χ1v) is 9.62. The normalized spacial score (nSPS) is 12.5. The summed E-state index contributed by atoms with van der Waals surface area (Å²) in [6, 6.07) is 25.9. The Kier molecular flexibility index (Phi) is 4.94. The predicted octanol–water partition coefficient (Wildman–Crippen LogP) is 6.88. The summed E-state index contributed by atoms with van der Waals surface area (Å²) in [6.07, 6.45) is 4.19.